The monoisotopic (exact) mass is 261 g/mol. The number of anilines is 1. The van der Waals surface area contributed by atoms with Gasteiger partial charge in [0.2, 0.25) is 5.91 Å². The molecule has 104 valence electrons. The lowest BCUT2D eigenvalue weighted by Gasteiger charge is -2.33. The fourth-order valence-corrected chi connectivity index (χ4v) is 2.45. The van der Waals surface area contributed by atoms with E-state index in [4.69, 9.17) is 0 Å². The van der Waals surface area contributed by atoms with Crippen LogP contribution in [0, 0.1) is 13.8 Å². The Bertz CT molecular complexity index is 459. The number of hydrogen-bond acceptors (Lipinski definition) is 3. The number of nitrogens with one attached hydrogen (secondary N) is 2. The Balaban J connectivity index is 1.93. The molecular formula is C15H23N3O. The molecule has 0 radical (unpaired) electrons. The Morgan fingerprint density at radius 2 is 2.26 bits per heavy atom. The first-order valence-electron chi connectivity index (χ1n) is 6.88. The number of carbonyl (C=O) groups excluding carboxylic acids is 1. The van der Waals surface area contributed by atoms with Crippen LogP contribution in [0.4, 0.5) is 5.69 Å². The Labute approximate surface area is 115 Å². The number of hydrogen-bond donors (Lipinski definition) is 2. The summed E-state index contributed by atoms with van der Waals surface area (Å²) in [4.78, 5) is 14.3. The number of carbonyl (C=O) groups is 1. The molecule has 2 N–H and O–H groups in total. The maximum atomic E-state index is 12.1. The molecule has 1 aromatic carbocycles. The van der Waals surface area contributed by atoms with E-state index in [9.17, 15) is 4.79 Å². The molecule has 19 heavy (non-hydrogen) atoms. The Hall–Kier alpha value is -1.39. The molecule has 1 aliphatic rings. The van der Waals surface area contributed by atoms with E-state index < -0.39 is 0 Å². The largest absolute Gasteiger partial charge is 0.325 e. The van der Waals surface area contributed by atoms with Gasteiger partial charge in [0.25, 0.3) is 0 Å². The molecule has 1 atom stereocenters. The first-order valence-corrected chi connectivity index (χ1v) is 6.88. The molecule has 0 aromatic heterocycles. The van der Waals surface area contributed by atoms with E-state index in [0.29, 0.717) is 12.6 Å². The molecule has 0 bridgehead atoms. The van der Waals surface area contributed by atoms with Crippen molar-refractivity contribution in [1.29, 1.82) is 0 Å². The molecule has 4 heteroatoms. The van der Waals surface area contributed by atoms with Gasteiger partial charge in [0.15, 0.2) is 0 Å². The second-order valence-corrected chi connectivity index (χ2v) is 5.39. The summed E-state index contributed by atoms with van der Waals surface area (Å²) >= 11 is 0. The summed E-state index contributed by atoms with van der Waals surface area (Å²) in [6.45, 7) is 9.54. The summed E-state index contributed by atoms with van der Waals surface area (Å²) in [7, 11) is 0. The Kier molecular flexibility index (Phi) is 4.56. The lowest BCUT2D eigenvalue weighted by Crippen LogP contribution is -2.52. The highest BCUT2D eigenvalue weighted by atomic mass is 16.2. The number of amides is 1. The third kappa shape index (κ3) is 3.78. The smallest absolute Gasteiger partial charge is 0.238 e. The summed E-state index contributed by atoms with van der Waals surface area (Å²) in [5.41, 5.74) is 3.24. The van der Waals surface area contributed by atoms with Crippen LogP contribution in [-0.2, 0) is 4.79 Å². The fraction of sp³-hybridized carbons (Fsp3) is 0.533. The summed E-state index contributed by atoms with van der Waals surface area (Å²) in [6.07, 6.45) is 0. The molecule has 0 spiro atoms. The Morgan fingerprint density at radius 1 is 1.47 bits per heavy atom. The molecule has 1 fully saturated rings. The van der Waals surface area contributed by atoms with Crippen molar-refractivity contribution in [2.45, 2.75) is 26.8 Å². The molecule has 0 unspecified atom stereocenters. The van der Waals surface area contributed by atoms with Crippen LogP contribution < -0.4 is 10.6 Å². The van der Waals surface area contributed by atoms with Gasteiger partial charge in [-0.1, -0.05) is 17.7 Å². The zero-order valence-corrected chi connectivity index (χ0v) is 12.0. The van der Waals surface area contributed by atoms with Crippen LogP contribution in [0.5, 0.6) is 0 Å². The molecular weight excluding hydrogens is 238 g/mol. The van der Waals surface area contributed by atoms with E-state index in [-0.39, 0.29) is 5.91 Å². The normalized spacial score (nSPS) is 20.3. The SMILES string of the molecule is Cc1ccc(NC(=O)CN2CCNC[C@@H]2C)c(C)c1. The molecule has 0 saturated carbocycles. The van der Waals surface area contributed by atoms with Crippen LogP contribution in [0.1, 0.15) is 18.1 Å². The van der Waals surface area contributed by atoms with Crippen molar-refractivity contribution in [3.8, 4) is 0 Å². The van der Waals surface area contributed by atoms with Crippen LogP contribution in [0.25, 0.3) is 0 Å². The summed E-state index contributed by atoms with van der Waals surface area (Å²) in [6, 6.07) is 6.50. The zero-order chi connectivity index (χ0) is 13.8. The molecule has 1 aliphatic heterocycles. The maximum Gasteiger partial charge on any atom is 0.238 e. The lowest BCUT2D eigenvalue weighted by molar-refractivity contribution is -0.118. The van der Waals surface area contributed by atoms with Crippen molar-refractivity contribution in [2.24, 2.45) is 0 Å². The quantitative estimate of drug-likeness (QED) is 0.867. The molecule has 1 heterocycles. The summed E-state index contributed by atoms with van der Waals surface area (Å²) in [5.74, 6) is 0.0701. The average molecular weight is 261 g/mol. The van der Waals surface area contributed by atoms with Crippen molar-refractivity contribution >= 4 is 11.6 Å². The number of aryl methyl sites for hydroxylation is 2. The van der Waals surface area contributed by atoms with Crippen LogP contribution in [0.3, 0.4) is 0 Å². The van der Waals surface area contributed by atoms with E-state index in [0.717, 1.165) is 30.9 Å². The number of piperazine rings is 1. The second-order valence-electron chi connectivity index (χ2n) is 5.39. The fourth-order valence-electron chi connectivity index (χ4n) is 2.45. The third-order valence-electron chi connectivity index (χ3n) is 3.64. The molecule has 4 nitrogen and oxygen atoms in total. The van der Waals surface area contributed by atoms with Gasteiger partial charge in [-0.2, -0.15) is 0 Å². The summed E-state index contributed by atoms with van der Waals surface area (Å²) < 4.78 is 0. The molecule has 1 saturated heterocycles. The number of benzene rings is 1. The van der Waals surface area contributed by atoms with Gasteiger partial charge >= 0.3 is 0 Å². The maximum absolute atomic E-state index is 12.1. The first-order chi connectivity index (χ1) is 9.06. The third-order valence-corrected chi connectivity index (χ3v) is 3.64. The van der Waals surface area contributed by atoms with Crippen LogP contribution in [0.2, 0.25) is 0 Å². The van der Waals surface area contributed by atoms with Gasteiger partial charge in [0.05, 0.1) is 6.54 Å². The minimum Gasteiger partial charge on any atom is -0.325 e. The highest BCUT2D eigenvalue weighted by Crippen LogP contribution is 2.16. The molecule has 2 rings (SSSR count). The minimum atomic E-state index is 0.0701. The van der Waals surface area contributed by atoms with Crippen molar-refractivity contribution < 1.29 is 4.79 Å². The van der Waals surface area contributed by atoms with E-state index in [1.165, 1.54) is 5.56 Å². The topological polar surface area (TPSA) is 44.4 Å². The van der Waals surface area contributed by atoms with Crippen LogP contribution in [-0.4, -0.2) is 43.0 Å². The predicted octanol–water partition coefficient (Wildman–Crippen LogP) is 1.54. The predicted molar refractivity (Wildman–Crippen MR) is 78.5 cm³/mol. The average Bonchev–Trinajstić information content (AvgIpc) is 2.36. The molecule has 0 aliphatic carbocycles. The van der Waals surface area contributed by atoms with Crippen molar-refractivity contribution in [1.82, 2.24) is 10.2 Å². The Morgan fingerprint density at radius 3 is 2.95 bits per heavy atom. The highest BCUT2D eigenvalue weighted by molar-refractivity contribution is 5.93. The van der Waals surface area contributed by atoms with E-state index >= 15 is 0 Å². The number of nitrogens with zero attached hydrogens (tertiary/aromatic N) is 1. The molecule has 1 aromatic rings. The van der Waals surface area contributed by atoms with Crippen LogP contribution >= 0.6 is 0 Å². The van der Waals surface area contributed by atoms with Gasteiger partial charge in [0.1, 0.15) is 0 Å². The van der Waals surface area contributed by atoms with Gasteiger partial charge in [0, 0.05) is 31.4 Å². The van der Waals surface area contributed by atoms with Gasteiger partial charge in [-0.3, -0.25) is 9.69 Å². The van der Waals surface area contributed by atoms with Gasteiger partial charge < -0.3 is 10.6 Å². The second kappa shape index (κ2) is 6.17. The first kappa shape index (κ1) is 14.0. The van der Waals surface area contributed by atoms with E-state index in [1.807, 2.05) is 19.1 Å². The summed E-state index contributed by atoms with van der Waals surface area (Å²) in [5, 5.41) is 6.33. The molecule has 1 amide bonds. The van der Waals surface area contributed by atoms with Crippen molar-refractivity contribution in [3.05, 3.63) is 29.3 Å². The zero-order valence-electron chi connectivity index (χ0n) is 12.0. The van der Waals surface area contributed by atoms with Gasteiger partial charge in [-0.15, -0.1) is 0 Å². The van der Waals surface area contributed by atoms with Crippen LogP contribution in [0.15, 0.2) is 18.2 Å². The highest BCUT2D eigenvalue weighted by Gasteiger charge is 2.20. The van der Waals surface area contributed by atoms with Gasteiger partial charge in [-0.25, -0.2) is 0 Å². The minimum absolute atomic E-state index is 0.0701. The standard InChI is InChI=1S/C15H23N3O/c1-11-4-5-14(12(2)8-11)17-15(19)10-18-7-6-16-9-13(18)3/h4-5,8,13,16H,6-7,9-10H2,1-3H3,(H,17,19)/t13-/m0/s1. The lowest BCUT2D eigenvalue weighted by atomic mass is 10.1. The van der Waals surface area contributed by atoms with E-state index in [2.05, 4.69) is 35.4 Å². The van der Waals surface area contributed by atoms with Crippen molar-refractivity contribution in [2.75, 3.05) is 31.5 Å². The van der Waals surface area contributed by atoms with E-state index in [1.54, 1.807) is 0 Å². The van der Waals surface area contributed by atoms with Crippen molar-refractivity contribution in [3.63, 3.8) is 0 Å². The number of rotatable bonds is 3. The van der Waals surface area contributed by atoms with Gasteiger partial charge in [-0.05, 0) is 32.4 Å².